The molecular formula is C25H31N3O2. The first kappa shape index (κ1) is 21.6. The molecule has 0 aliphatic rings. The first-order valence-corrected chi connectivity index (χ1v) is 10.6. The minimum Gasteiger partial charge on any atom is -0.438 e. The molecule has 1 heterocycles. The van der Waals surface area contributed by atoms with Crippen LogP contribution in [0.25, 0.3) is 5.69 Å². The van der Waals surface area contributed by atoms with E-state index >= 15 is 0 Å². The zero-order valence-corrected chi connectivity index (χ0v) is 18.6. The second kappa shape index (κ2) is 9.61. The summed E-state index contributed by atoms with van der Waals surface area (Å²) in [6, 6.07) is 18.1. The summed E-state index contributed by atoms with van der Waals surface area (Å²) in [7, 11) is 1.85. The molecule has 0 radical (unpaired) electrons. The third-order valence-electron chi connectivity index (χ3n) is 5.41. The van der Waals surface area contributed by atoms with Crippen molar-refractivity contribution in [3.63, 3.8) is 0 Å². The Kier molecular flexibility index (Phi) is 6.93. The zero-order chi connectivity index (χ0) is 21.7. The predicted octanol–water partition coefficient (Wildman–Crippen LogP) is 5.33. The zero-order valence-electron chi connectivity index (χ0n) is 18.6. The van der Waals surface area contributed by atoms with Crippen LogP contribution < -0.4 is 4.74 Å². The van der Waals surface area contributed by atoms with Gasteiger partial charge in [0.15, 0.2) is 0 Å². The molecule has 0 bridgehead atoms. The molecule has 0 spiro atoms. The van der Waals surface area contributed by atoms with Crippen LogP contribution in [0.1, 0.15) is 44.0 Å². The summed E-state index contributed by atoms with van der Waals surface area (Å²) < 4.78 is 8.28. The van der Waals surface area contributed by atoms with Crippen LogP contribution in [0.5, 0.6) is 11.6 Å². The van der Waals surface area contributed by atoms with E-state index in [9.17, 15) is 4.79 Å². The summed E-state index contributed by atoms with van der Waals surface area (Å²) in [6.07, 6.45) is 1.78. The number of hydrogen-bond acceptors (Lipinski definition) is 3. The van der Waals surface area contributed by atoms with Gasteiger partial charge in [0.2, 0.25) is 11.8 Å². The number of rotatable bonds is 8. The van der Waals surface area contributed by atoms with E-state index in [2.05, 4.69) is 6.92 Å². The summed E-state index contributed by atoms with van der Waals surface area (Å²) in [4.78, 5) is 14.4. The molecule has 5 nitrogen and oxygen atoms in total. The van der Waals surface area contributed by atoms with Crippen molar-refractivity contribution in [1.29, 1.82) is 0 Å². The van der Waals surface area contributed by atoms with Gasteiger partial charge in [-0.1, -0.05) is 43.3 Å². The van der Waals surface area contributed by atoms with Gasteiger partial charge in [-0.25, -0.2) is 4.68 Å². The van der Waals surface area contributed by atoms with Crippen molar-refractivity contribution in [3.05, 3.63) is 71.4 Å². The van der Waals surface area contributed by atoms with E-state index in [1.807, 2.05) is 87.1 Å². The monoisotopic (exact) mass is 405 g/mol. The van der Waals surface area contributed by atoms with Gasteiger partial charge in [0.25, 0.3) is 0 Å². The highest BCUT2D eigenvalue weighted by Gasteiger charge is 2.22. The fourth-order valence-electron chi connectivity index (χ4n) is 3.33. The second-order valence-corrected chi connectivity index (χ2v) is 7.80. The number of para-hydroxylation sites is 2. The van der Waals surface area contributed by atoms with E-state index in [-0.39, 0.29) is 11.9 Å². The Morgan fingerprint density at radius 2 is 1.77 bits per heavy atom. The van der Waals surface area contributed by atoms with E-state index in [4.69, 9.17) is 9.84 Å². The number of nitrogens with zero attached hydrogens (tertiary/aromatic N) is 3. The summed E-state index contributed by atoms with van der Waals surface area (Å²) in [5.74, 6) is 1.61. The largest absolute Gasteiger partial charge is 0.438 e. The number of amides is 1. The van der Waals surface area contributed by atoms with Crippen molar-refractivity contribution in [2.24, 2.45) is 0 Å². The Balaban J connectivity index is 2.02. The topological polar surface area (TPSA) is 47.4 Å². The molecule has 2 aromatic carbocycles. The van der Waals surface area contributed by atoms with Crippen molar-refractivity contribution < 1.29 is 9.53 Å². The van der Waals surface area contributed by atoms with E-state index in [0.29, 0.717) is 18.7 Å². The van der Waals surface area contributed by atoms with Crippen LogP contribution in [-0.4, -0.2) is 33.7 Å². The second-order valence-electron chi connectivity index (χ2n) is 7.80. The fourth-order valence-corrected chi connectivity index (χ4v) is 3.33. The maximum Gasteiger partial charge on any atom is 0.226 e. The van der Waals surface area contributed by atoms with Crippen molar-refractivity contribution in [3.8, 4) is 17.3 Å². The number of aryl methyl sites for hydroxylation is 2. The van der Waals surface area contributed by atoms with E-state index in [1.54, 1.807) is 4.90 Å². The number of ether oxygens (including phenoxy) is 1. The molecule has 5 heteroatoms. The molecule has 3 rings (SSSR count). The minimum absolute atomic E-state index is 0.126. The summed E-state index contributed by atoms with van der Waals surface area (Å²) in [5.41, 5.74) is 3.95. The van der Waals surface area contributed by atoms with Gasteiger partial charge in [-0.15, -0.1) is 0 Å². The molecular weight excluding hydrogens is 374 g/mol. The maximum atomic E-state index is 12.6. The van der Waals surface area contributed by atoms with Gasteiger partial charge in [-0.05, 0) is 57.4 Å². The first-order chi connectivity index (χ1) is 14.4. The Morgan fingerprint density at radius 1 is 1.10 bits per heavy atom. The van der Waals surface area contributed by atoms with Crippen LogP contribution in [0.15, 0.2) is 54.6 Å². The number of carbonyl (C=O) groups is 1. The number of aromatic nitrogens is 2. The van der Waals surface area contributed by atoms with Gasteiger partial charge in [0, 0.05) is 25.1 Å². The molecule has 0 aliphatic heterocycles. The molecule has 3 aromatic rings. The third kappa shape index (κ3) is 4.73. The van der Waals surface area contributed by atoms with Crippen molar-refractivity contribution in [1.82, 2.24) is 14.7 Å². The van der Waals surface area contributed by atoms with Crippen LogP contribution >= 0.6 is 0 Å². The maximum absolute atomic E-state index is 12.6. The van der Waals surface area contributed by atoms with Crippen LogP contribution in [-0.2, 0) is 17.6 Å². The first-order valence-electron chi connectivity index (χ1n) is 10.6. The van der Waals surface area contributed by atoms with Crippen LogP contribution in [0.4, 0.5) is 0 Å². The highest BCUT2D eigenvalue weighted by atomic mass is 16.5. The number of benzene rings is 2. The van der Waals surface area contributed by atoms with Gasteiger partial charge in [-0.2, -0.15) is 5.10 Å². The Bertz CT molecular complexity index is 993. The fraction of sp³-hybridized carbons (Fsp3) is 0.360. The van der Waals surface area contributed by atoms with Gasteiger partial charge in [-0.3, -0.25) is 4.79 Å². The third-order valence-corrected chi connectivity index (χ3v) is 5.41. The summed E-state index contributed by atoms with van der Waals surface area (Å²) in [5, 5.41) is 4.85. The molecule has 158 valence electrons. The molecule has 1 aromatic heterocycles. The molecule has 30 heavy (non-hydrogen) atoms. The average Bonchev–Trinajstić information content (AvgIpc) is 3.10. The van der Waals surface area contributed by atoms with Crippen LogP contribution in [0.2, 0.25) is 0 Å². The van der Waals surface area contributed by atoms with E-state index in [1.165, 1.54) is 0 Å². The lowest BCUT2D eigenvalue weighted by atomic mass is 10.1. The van der Waals surface area contributed by atoms with Crippen LogP contribution in [0.3, 0.4) is 0 Å². The average molecular weight is 406 g/mol. The lowest BCUT2D eigenvalue weighted by Crippen LogP contribution is -2.33. The smallest absolute Gasteiger partial charge is 0.226 e. The predicted molar refractivity (Wildman–Crippen MR) is 120 cm³/mol. The lowest BCUT2D eigenvalue weighted by molar-refractivity contribution is -0.131. The van der Waals surface area contributed by atoms with Gasteiger partial charge in [0.1, 0.15) is 5.75 Å². The highest BCUT2D eigenvalue weighted by molar-refractivity contribution is 5.76. The Morgan fingerprint density at radius 3 is 2.40 bits per heavy atom. The SMILES string of the molecule is CCc1nn(-c2ccccc2)c(Oc2ccccc2C)c1CCC(=O)N(C)C(C)C. The van der Waals surface area contributed by atoms with E-state index < -0.39 is 0 Å². The summed E-state index contributed by atoms with van der Waals surface area (Å²) in [6.45, 7) is 8.16. The molecule has 0 saturated heterocycles. The summed E-state index contributed by atoms with van der Waals surface area (Å²) >= 11 is 0. The van der Waals surface area contributed by atoms with Crippen molar-refractivity contribution >= 4 is 5.91 Å². The van der Waals surface area contributed by atoms with Gasteiger partial charge in [0.05, 0.1) is 11.4 Å². The minimum atomic E-state index is 0.126. The molecule has 0 unspecified atom stereocenters. The normalized spacial score (nSPS) is 11.0. The van der Waals surface area contributed by atoms with Crippen molar-refractivity contribution in [2.45, 2.75) is 53.0 Å². The number of hydrogen-bond donors (Lipinski definition) is 0. The molecule has 1 amide bonds. The Labute approximate surface area is 179 Å². The standard InChI is InChI=1S/C25H31N3O2/c1-6-22-21(16-17-24(29)27(5)18(2)3)25(30-23-15-11-10-12-19(23)4)28(26-22)20-13-8-7-9-14-20/h7-15,18H,6,16-17H2,1-5H3. The lowest BCUT2D eigenvalue weighted by Gasteiger charge is -2.21. The van der Waals surface area contributed by atoms with Crippen molar-refractivity contribution in [2.75, 3.05) is 7.05 Å². The Hall–Kier alpha value is -3.08. The van der Waals surface area contributed by atoms with Gasteiger partial charge < -0.3 is 9.64 Å². The van der Waals surface area contributed by atoms with Crippen LogP contribution in [0, 0.1) is 6.92 Å². The molecule has 0 saturated carbocycles. The van der Waals surface area contributed by atoms with E-state index in [0.717, 1.165) is 34.7 Å². The quantitative estimate of drug-likeness (QED) is 0.508. The van der Waals surface area contributed by atoms with Gasteiger partial charge >= 0.3 is 0 Å². The molecule has 0 N–H and O–H groups in total. The molecule has 0 aliphatic carbocycles. The number of carbonyl (C=O) groups excluding carboxylic acids is 1. The highest BCUT2D eigenvalue weighted by Crippen LogP contribution is 2.33. The molecule has 0 atom stereocenters. The molecule has 0 fully saturated rings.